The van der Waals surface area contributed by atoms with Gasteiger partial charge in [0.1, 0.15) is 0 Å². The van der Waals surface area contributed by atoms with Gasteiger partial charge in [0.2, 0.25) is 11.8 Å². The number of imide groups is 1. The molecule has 0 atom stereocenters. The maximum absolute atomic E-state index is 13.0. The molecule has 2 heterocycles. The molecule has 25 heavy (non-hydrogen) atoms. The highest BCUT2D eigenvalue weighted by Gasteiger charge is 2.26. The molecule has 0 aromatic carbocycles. The van der Waals surface area contributed by atoms with Crippen molar-refractivity contribution in [3.63, 3.8) is 0 Å². The van der Waals surface area contributed by atoms with Crippen molar-refractivity contribution in [3.05, 3.63) is 40.3 Å². The van der Waals surface area contributed by atoms with Gasteiger partial charge in [0.05, 0.1) is 0 Å². The van der Waals surface area contributed by atoms with Crippen LogP contribution in [-0.2, 0) is 16.0 Å². The van der Waals surface area contributed by atoms with Crippen molar-refractivity contribution in [2.24, 2.45) is 0 Å². The van der Waals surface area contributed by atoms with Crippen LogP contribution in [0.2, 0.25) is 0 Å². The average molecular weight is 343 g/mol. The zero-order valence-electron chi connectivity index (χ0n) is 15.1. The van der Waals surface area contributed by atoms with Crippen molar-refractivity contribution >= 4 is 22.8 Å². The Hall–Kier alpha value is -2.50. The van der Waals surface area contributed by atoms with E-state index in [9.17, 15) is 14.4 Å². The Labute approximate surface area is 147 Å². The number of nitrogens with zero attached hydrogens (tertiary/aromatic N) is 3. The summed E-state index contributed by atoms with van der Waals surface area (Å²) in [6, 6.07) is 5.42. The molecule has 0 radical (unpaired) electrons. The van der Waals surface area contributed by atoms with Crippen LogP contribution >= 0.6 is 0 Å². The van der Waals surface area contributed by atoms with Gasteiger partial charge in [-0.3, -0.25) is 14.4 Å². The van der Waals surface area contributed by atoms with Crippen LogP contribution in [0.5, 0.6) is 0 Å². The summed E-state index contributed by atoms with van der Waals surface area (Å²) >= 11 is 0. The van der Waals surface area contributed by atoms with E-state index in [-0.39, 0.29) is 30.2 Å². The van der Waals surface area contributed by atoms with Crippen molar-refractivity contribution in [1.29, 1.82) is 0 Å². The third kappa shape index (κ3) is 3.95. The van der Waals surface area contributed by atoms with Crippen molar-refractivity contribution in [3.8, 4) is 0 Å². The average Bonchev–Trinajstić information content (AvgIpc) is 2.59. The second kappa shape index (κ2) is 8.55. The van der Waals surface area contributed by atoms with Crippen LogP contribution in [0.25, 0.3) is 11.0 Å². The molecule has 6 nitrogen and oxygen atoms in total. The van der Waals surface area contributed by atoms with E-state index in [1.165, 1.54) is 4.68 Å². The summed E-state index contributed by atoms with van der Waals surface area (Å²) in [5.74, 6) is -0.743. The van der Waals surface area contributed by atoms with Crippen LogP contribution < -0.4 is 10.6 Å². The van der Waals surface area contributed by atoms with Gasteiger partial charge in [-0.1, -0.05) is 27.2 Å². The van der Waals surface area contributed by atoms with E-state index in [1.807, 2.05) is 26.8 Å². The van der Waals surface area contributed by atoms with E-state index in [0.29, 0.717) is 30.5 Å². The van der Waals surface area contributed by atoms with Gasteiger partial charge in [0.15, 0.2) is 5.65 Å². The van der Waals surface area contributed by atoms with Gasteiger partial charge in [-0.25, -0.2) is 4.98 Å². The first-order valence-electron chi connectivity index (χ1n) is 8.90. The predicted octanol–water partition coefficient (Wildman–Crippen LogP) is 2.94. The number of rotatable bonds is 7. The van der Waals surface area contributed by atoms with Crippen LogP contribution in [0, 0.1) is 0 Å². The Kier molecular flexibility index (Phi) is 6.44. The lowest BCUT2D eigenvalue weighted by Crippen LogP contribution is -2.51. The second-order valence-electron chi connectivity index (χ2n) is 6.05. The molecule has 2 amide bonds. The Morgan fingerprint density at radius 2 is 1.72 bits per heavy atom. The quantitative estimate of drug-likeness (QED) is 0.775. The van der Waals surface area contributed by atoms with Gasteiger partial charge in [0, 0.05) is 30.0 Å². The molecule has 2 aromatic rings. The molecular weight excluding hydrogens is 318 g/mol. The predicted molar refractivity (Wildman–Crippen MR) is 98.0 cm³/mol. The number of fused-ring (bicyclic) bond motifs is 1. The minimum Gasteiger partial charge on any atom is -0.273 e. The van der Waals surface area contributed by atoms with Gasteiger partial charge in [-0.15, -0.1) is 0 Å². The second-order valence-corrected chi connectivity index (χ2v) is 6.05. The normalized spacial score (nSPS) is 10.8. The summed E-state index contributed by atoms with van der Waals surface area (Å²) in [6.45, 7) is 5.72. The topological polar surface area (TPSA) is 72.3 Å². The van der Waals surface area contributed by atoms with Gasteiger partial charge in [0.25, 0.3) is 5.56 Å². The maximum Gasteiger partial charge on any atom is 0.275 e. The SMILES string of the molecule is CCCC(=O)N(C(=O)CCC)n1c(=O)c(CCC)cc2cccnc21. The van der Waals surface area contributed by atoms with Gasteiger partial charge < -0.3 is 0 Å². The van der Waals surface area contributed by atoms with E-state index < -0.39 is 0 Å². The fraction of sp³-hybridized carbons (Fsp3) is 0.474. The minimum absolute atomic E-state index is 0.203. The number of aromatic nitrogens is 2. The number of hydrogen-bond donors (Lipinski definition) is 0. The molecule has 0 spiro atoms. The monoisotopic (exact) mass is 343 g/mol. The molecule has 0 saturated carbocycles. The Morgan fingerprint density at radius 1 is 1.08 bits per heavy atom. The summed E-state index contributed by atoms with van der Waals surface area (Å²) in [5.41, 5.74) is 0.574. The molecule has 0 bridgehead atoms. The standard InChI is InChI=1S/C19H25N3O3/c1-4-8-15-13-14-11-7-12-20-18(14)22(19(15)25)21(16(23)9-5-2)17(24)10-6-3/h7,11-13H,4-6,8-10H2,1-3H3. The van der Waals surface area contributed by atoms with E-state index in [2.05, 4.69) is 4.98 Å². The lowest BCUT2D eigenvalue weighted by molar-refractivity contribution is -0.129. The van der Waals surface area contributed by atoms with Gasteiger partial charge in [-0.2, -0.15) is 9.69 Å². The number of carbonyl (C=O) groups is 2. The zero-order valence-corrected chi connectivity index (χ0v) is 15.1. The lowest BCUT2D eigenvalue weighted by atomic mass is 10.1. The molecule has 2 rings (SSSR count). The third-order valence-corrected chi connectivity index (χ3v) is 3.93. The van der Waals surface area contributed by atoms with Crippen molar-refractivity contribution in [2.75, 3.05) is 5.01 Å². The number of aryl methyl sites for hydroxylation is 1. The summed E-state index contributed by atoms with van der Waals surface area (Å²) in [6.07, 6.45) is 4.55. The van der Waals surface area contributed by atoms with Crippen LogP contribution in [0.1, 0.15) is 58.4 Å². The summed E-state index contributed by atoms with van der Waals surface area (Å²) in [7, 11) is 0. The summed E-state index contributed by atoms with van der Waals surface area (Å²) in [5, 5.41) is 1.74. The molecule has 0 N–H and O–H groups in total. The molecule has 2 aromatic heterocycles. The van der Waals surface area contributed by atoms with Crippen molar-refractivity contribution in [2.45, 2.75) is 59.3 Å². The molecule has 6 heteroatoms. The fourth-order valence-electron chi connectivity index (χ4n) is 2.82. The molecule has 134 valence electrons. The Bertz CT molecular complexity index is 808. The van der Waals surface area contributed by atoms with Crippen molar-refractivity contribution < 1.29 is 9.59 Å². The molecular formula is C19H25N3O3. The first-order valence-corrected chi connectivity index (χ1v) is 8.90. The molecule has 0 saturated heterocycles. The maximum atomic E-state index is 13.0. The van der Waals surface area contributed by atoms with E-state index >= 15 is 0 Å². The van der Waals surface area contributed by atoms with Crippen LogP contribution in [0.15, 0.2) is 29.2 Å². The Morgan fingerprint density at radius 3 is 2.28 bits per heavy atom. The van der Waals surface area contributed by atoms with Crippen LogP contribution in [0.4, 0.5) is 0 Å². The summed E-state index contributed by atoms with van der Waals surface area (Å²) < 4.78 is 1.18. The van der Waals surface area contributed by atoms with E-state index in [0.717, 1.165) is 16.8 Å². The molecule has 0 aliphatic heterocycles. The number of carbonyl (C=O) groups excluding carboxylic acids is 2. The molecule has 0 aliphatic rings. The first kappa shape index (κ1) is 18.8. The molecule has 0 unspecified atom stereocenters. The van der Waals surface area contributed by atoms with Crippen LogP contribution in [0.3, 0.4) is 0 Å². The largest absolute Gasteiger partial charge is 0.275 e. The zero-order chi connectivity index (χ0) is 18.4. The first-order chi connectivity index (χ1) is 12.0. The number of amides is 2. The molecule has 0 aliphatic carbocycles. The third-order valence-electron chi connectivity index (χ3n) is 3.93. The van der Waals surface area contributed by atoms with E-state index in [4.69, 9.17) is 0 Å². The molecule has 0 fully saturated rings. The van der Waals surface area contributed by atoms with Gasteiger partial charge in [-0.05, 0) is 37.5 Å². The highest BCUT2D eigenvalue weighted by Crippen LogP contribution is 2.14. The highest BCUT2D eigenvalue weighted by molar-refractivity contribution is 6.09. The van der Waals surface area contributed by atoms with Crippen LogP contribution in [-0.4, -0.2) is 21.5 Å². The smallest absolute Gasteiger partial charge is 0.273 e. The van der Waals surface area contributed by atoms with Gasteiger partial charge >= 0.3 is 0 Å². The fourth-order valence-corrected chi connectivity index (χ4v) is 2.82. The van der Waals surface area contributed by atoms with Crippen molar-refractivity contribution in [1.82, 2.24) is 9.66 Å². The number of pyridine rings is 2. The van der Waals surface area contributed by atoms with E-state index in [1.54, 1.807) is 18.3 Å². The minimum atomic E-state index is -0.372. The number of hydrogen-bond acceptors (Lipinski definition) is 4. The Balaban J connectivity index is 2.76. The summed E-state index contributed by atoms with van der Waals surface area (Å²) in [4.78, 5) is 42.6. The highest BCUT2D eigenvalue weighted by atomic mass is 16.2. The lowest BCUT2D eigenvalue weighted by Gasteiger charge is -2.24.